The van der Waals surface area contributed by atoms with E-state index in [1.54, 1.807) is 27.6 Å². The normalized spacial score (nSPS) is 20.2. The maximum atomic E-state index is 13.8. The van der Waals surface area contributed by atoms with Crippen LogP contribution in [0.1, 0.15) is 102 Å². The topological polar surface area (TPSA) is 372 Å². The van der Waals surface area contributed by atoms with Crippen LogP contribution in [-0.2, 0) is 93.0 Å². The number of sulfonamides is 1. The first-order chi connectivity index (χ1) is 43.0. The fourth-order valence-corrected chi connectivity index (χ4v) is 15.8. The lowest BCUT2D eigenvalue weighted by Crippen LogP contribution is -2.45. The minimum Gasteiger partial charge on any atom is -0.480 e. The third kappa shape index (κ3) is 13.4. The number of rotatable bonds is 29. The number of carboxylic acid groups (broad SMARTS) is 1. The molecule has 1 fully saturated rings. The Balaban J connectivity index is 0.603. The summed E-state index contributed by atoms with van der Waals surface area (Å²) in [5, 5.41) is 31.1. The summed E-state index contributed by atoms with van der Waals surface area (Å²) in [6.07, 6.45) is 9.99. The van der Waals surface area contributed by atoms with Crippen LogP contribution < -0.4 is 46.7 Å². The first kappa shape index (κ1) is 62.6. The van der Waals surface area contributed by atoms with Gasteiger partial charge in [0.25, 0.3) is 10.1 Å². The second-order valence-corrected chi connectivity index (χ2v) is 26.8. The number of aromatic nitrogens is 7. The molecule has 478 valence electrons. The molecule has 9 heterocycles. The van der Waals surface area contributed by atoms with Gasteiger partial charge in [0.15, 0.2) is 17.7 Å². The molecule has 0 aliphatic carbocycles. The molecule has 29 heteroatoms. The van der Waals surface area contributed by atoms with Crippen LogP contribution in [0, 0.1) is 0 Å². The van der Waals surface area contributed by atoms with E-state index in [4.69, 9.17) is 45.6 Å². The van der Waals surface area contributed by atoms with Crippen LogP contribution >= 0.6 is 0 Å². The van der Waals surface area contributed by atoms with Gasteiger partial charge < -0.3 is 60.7 Å². The number of aryl methyl sites for hydroxylation is 3. The Kier molecular flexibility index (Phi) is 19.0. The number of aliphatic hydroxyl groups excluding tert-OH is 1. The number of anilines is 2. The molecule has 89 heavy (non-hydrogen) atoms. The maximum absolute atomic E-state index is 13.8. The van der Waals surface area contributed by atoms with Crippen LogP contribution in [0.2, 0.25) is 0 Å². The highest BCUT2D eigenvalue weighted by Gasteiger charge is 2.47. The zero-order valence-electron chi connectivity index (χ0n) is 49.6. The zero-order chi connectivity index (χ0) is 62.0. The molecule has 0 saturated carbocycles. The lowest BCUT2D eigenvalue weighted by molar-refractivity contribution is -0.138. The van der Waals surface area contributed by atoms with Crippen molar-refractivity contribution in [2.45, 2.75) is 137 Å². The Bertz CT molecular complexity index is 3970. The van der Waals surface area contributed by atoms with Gasteiger partial charge in [-0.15, -0.1) is 5.10 Å². The number of fused-ring (bicyclic) bond motifs is 5. The van der Waals surface area contributed by atoms with E-state index in [-0.39, 0.29) is 69.4 Å². The first-order valence-corrected chi connectivity index (χ1v) is 33.8. The van der Waals surface area contributed by atoms with Gasteiger partial charge in [0, 0.05) is 83.9 Å². The molecule has 3 aromatic heterocycles. The molecule has 6 atom stereocenters. The quantitative estimate of drug-likeness (QED) is 0.0196. The minimum absolute atomic E-state index is 0.0207. The van der Waals surface area contributed by atoms with E-state index in [0.29, 0.717) is 67.3 Å². The number of nitrogens with two attached hydrogens (primary N) is 3. The molecule has 0 bridgehead atoms. The molecule has 6 aliphatic heterocycles. The van der Waals surface area contributed by atoms with E-state index in [1.165, 1.54) is 40.9 Å². The molecule has 27 nitrogen and oxygen atoms in total. The van der Waals surface area contributed by atoms with Gasteiger partial charge in [0.1, 0.15) is 59.6 Å². The molecular formula is C60H78N13O14S2+. The molecule has 3 aromatic carbocycles. The van der Waals surface area contributed by atoms with Crippen LogP contribution in [0.3, 0.4) is 0 Å². The predicted molar refractivity (Wildman–Crippen MR) is 325 cm³/mol. The number of benzene rings is 3. The van der Waals surface area contributed by atoms with Crippen molar-refractivity contribution < 1.29 is 64.8 Å². The third-order valence-corrected chi connectivity index (χ3v) is 20.0. The summed E-state index contributed by atoms with van der Waals surface area (Å²) < 4.78 is 111. The lowest BCUT2D eigenvalue weighted by Gasteiger charge is -2.39. The molecule has 1 saturated heterocycles. The van der Waals surface area contributed by atoms with Crippen molar-refractivity contribution in [3.8, 4) is 11.5 Å². The predicted octanol–water partition coefficient (Wildman–Crippen LogP) is 1.04. The van der Waals surface area contributed by atoms with Crippen LogP contribution in [0.25, 0.3) is 16.7 Å². The molecule has 0 radical (unpaired) electrons. The minimum atomic E-state index is -4.99. The van der Waals surface area contributed by atoms with Crippen molar-refractivity contribution in [3.63, 3.8) is 0 Å². The molecule has 0 spiro atoms. The van der Waals surface area contributed by atoms with Crippen molar-refractivity contribution in [1.29, 1.82) is 0 Å². The van der Waals surface area contributed by atoms with Crippen molar-refractivity contribution in [3.05, 3.63) is 104 Å². The largest absolute Gasteiger partial charge is 0.480 e. The van der Waals surface area contributed by atoms with E-state index in [2.05, 4.69) is 51.6 Å². The number of carbonyl (C=O) groups is 1. The first-order valence-electron chi connectivity index (χ1n) is 30.8. The SMILES string of the molecule is Nc1ncnc2c1ncn2[C@@H]1O[C@H](C[C@@H](N)CC[C@H](N)C(=O)O)[C@@H](OCCCc2cnnn2CCOCCOCCOCCNS(=O)(=O)Cc2cccc(C3=c4cc5c6c(c4Oc4c3cc3c7c4CCCN7CCC3)CCC[N+]=6CCC5)c2S(=O)(=O)O)[C@H]1O. The number of hydrogen-bond donors (Lipinski definition) is 7. The van der Waals surface area contributed by atoms with Gasteiger partial charge in [0.2, 0.25) is 15.4 Å². The van der Waals surface area contributed by atoms with Crippen LogP contribution in [0.15, 0.2) is 54.1 Å². The number of aliphatic hydroxyl groups is 1. The molecule has 12 rings (SSSR count). The Morgan fingerprint density at radius 3 is 2.42 bits per heavy atom. The Hall–Kier alpha value is -6.61. The summed E-state index contributed by atoms with van der Waals surface area (Å²) in [6, 6.07) is 7.51. The second kappa shape index (κ2) is 27.1. The number of nitrogen functional groups attached to an aromatic ring is 1. The summed E-state index contributed by atoms with van der Waals surface area (Å²) in [7, 11) is -9.14. The van der Waals surface area contributed by atoms with E-state index >= 15 is 0 Å². The van der Waals surface area contributed by atoms with Crippen LogP contribution in [-0.4, -0.2) is 181 Å². The van der Waals surface area contributed by atoms with Gasteiger partial charge in [-0.3, -0.25) is 13.9 Å². The monoisotopic (exact) mass is 1270 g/mol. The van der Waals surface area contributed by atoms with Crippen molar-refractivity contribution in [2.75, 3.05) is 89.6 Å². The number of nitrogens with one attached hydrogen (secondary N) is 1. The number of hydrogen-bond acceptors (Lipinski definition) is 21. The highest BCUT2D eigenvalue weighted by atomic mass is 32.2. The molecule has 0 unspecified atom stereocenters. The zero-order valence-corrected chi connectivity index (χ0v) is 51.2. The molecule has 6 aliphatic rings. The highest BCUT2D eigenvalue weighted by molar-refractivity contribution is 7.89. The number of aliphatic carboxylic acids is 1. The van der Waals surface area contributed by atoms with E-state index < -0.39 is 73.4 Å². The average Bonchev–Trinajstić information content (AvgIpc) is 1.77. The average molecular weight is 1270 g/mol. The van der Waals surface area contributed by atoms with Crippen molar-refractivity contribution in [2.24, 2.45) is 11.5 Å². The third-order valence-electron chi connectivity index (χ3n) is 17.7. The maximum Gasteiger partial charge on any atom is 0.320 e. The van der Waals surface area contributed by atoms with Gasteiger partial charge >= 0.3 is 5.97 Å². The van der Waals surface area contributed by atoms with Gasteiger partial charge in [-0.05, 0) is 93.9 Å². The Morgan fingerprint density at radius 2 is 1.62 bits per heavy atom. The van der Waals surface area contributed by atoms with E-state index in [1.807, 2.05) is 0 Å². The van der Waals surface area contributed by atoms with Crippen molar-refractivity contribution >= 4 is 54.4 Å². The number of nitrogens with zero attached hydrogens (tertiary/aromatic N) is 9. The Morgan fingerprint density at radius 1 is 0.865 bits per heavy atom. The lowest BCUT2D eigenvalue weighted by atomic mass is 9.82. The summed E-state index contributed by atoms with van der Waals surface area (Å²) in [6.45, 7) is 5.75. The van der Waals surface area contributed by atoms with Crippen LogP contribution in [0.5, 0.6) is 11.5 Å². The number of ether oxygens (including phenoxy) is 6. The fraction of sp³-hybridized carbons (Fsp3) is 0.550. The van der Waals surface area contributed by atoms with E-state index in [9.17, 15) is 36.4 Å². The highest BCUT2D eigenvalue weighted by Crippen LogP contribution is 2.49. The van der Waals surface area contributed by atoms with E-state index in [0.717, 1.165) is 105 Å². The summed E-state index contributed by atoms with van der Waals surface area (Å²) in [4.78, 5) is 25.9. The molecular weight excluding hydrogens is 1190 g/mol. The van der Waals surface area contributed by atoms with Gasteiger partial charge in [-0.1, -0.05) is 23.4 Å². The molecule has 0 amide bonds. The number of carboxylic acids is 1. The summed E-state index contributed by atoms with van der Waals surface area (Å²) in [5.41, 5.74) is 27.1. The summed E-state index contributed by atoms with van der Waals surface area (Å²) in [5.74, 6) is -0.217. The molecule has 6 aromatic rings. The molecule has 10 N–H and O–H groups in total. The summed E-state index contributed by atoms with van der Waals surface area (Å²) >= 11 is 0. The number of imidazole rings is 1. The van der Waals surface area contributed by atoms with Gasteiger partial charge in [0.05, 0.1) is 81.8 Å². The standard InChI is InChI=1S/C60H77N13O14S2/c61-39(14-15-46(62)60(75)76)31-47-55(52(74)59(86-47)72-35-66-49-57(63)64-34-65-58(49)72)85-22-6-10-40-32-67-69-73(40)21-24-83-26-28-84-27-25-82-23-16-68-88(77,78)33-38-7-1-11-41(56(38)89(79,80)81)48-44-29-36-8-2-17-70-19-4-12-42(50(36)70)53(44)87-54-43-13-5-20-71-18-3-9-37(51(43)71)30-45(48)54/h1,7,11,29-30,32,34-35,39,46-47,52,55,59,68,74H,2-6,8-10,12-28,31,33,61-62H2,(H3-,63,64,65,75,76,79,80,81)/p+1/t39-,46-,47+,52+,55+,59+/m0/s1. The van der Waals surface area contributed by atoms with Gasteiger partial charge in [-0.25, -0.2) is 37.3 Å². The van der Waals surface area contributed by atoms with Crippen LogP contribution in [0.4, 0.5) is 11.5 Å². The second-order valence-electron chi connectivity index (χ2n) is 23.6. The van der Waals surface area contributed by atoms with Crippen molar-refractivity contribution in [1.82, 2.24) is 43.8 Å². The van der Waals surface area contributed by atoms with Gasteiger partial charge in [-0.2, -0.15) is 8.42 Å². The Labute approximate surface area is 515 Å². The fourth-order valence-electron chi connectivity index (χ4n) is 13.7. The smallest absolute Gasteiger partial charge is 0.320 e.